The van der Waals surface area contributed by atoms with Crippen molar-refractivity contribution in [2.24, 2.45) is 11.1 Å². The maximum atomic E-state index is 11.8. The number of hydrogen-bond acceptors (Lipinski definition) is 3. The van der Waals surface area contributed by atoms with Crippen molar-refractivity contribution in [3.8, 4) is 0 Å². The molecule has 0 fully saturated rings. The minimum atomic E-state index is -0.984. The maximum Gasteiger partial charge on any atom is 0.326 e. The topological polar surface area (TPSA) is 83.6 Å². The minimum Gasteiger partial charge on any atom is -0.480 e. The quantitative estimate of drug-likeness (QED) is 0.701. The fraction of sp³-hybridized carbons (Fsp3) is 0.833. The minimum absolute atomic E-state index is 0.0255. The number of carboxylic acids is 1. The average molecular weight is 244 g/mol. The van der Waals surface area contributed by atoms with Crippen LogP contribution in [-0.2, 0) is 9.59 Å². The number of likely N-dealkylation sites (N-methyl/N-ethyl adjacent to an activating group) is 1. The standard InChI is InChI=1S/C12H24N2O3/c1-9(11(16)17)14(4)10(15)5-6-12(2,3)7-8-13/h9H,5-8,13H2,1-4H3,(H,16,17). The molecule has 3 N–H and O–H groups in total. The lowest BCUT2D eigenvalue weighted by Gasteiger charge is -2.26. The molecule has 100 valence electrons. The second kappa shape index (κ2) is 6.59. The van der Waals surface area contributed by atoms with Crippen LogP contribution in [0.3, 0.4) is 0 Å². The zero-order valence-corrected chi connectivity index (χ0v) is 11.2. The molecule has 0 radical (unpaired) electrons. The van der Waals surface area contributed by atoms with E-state index in [1.165, 1.54) is 18.9 Å². The highest BCUT2D eigenvalue weighted by atomic mass is 16.4. The molecule has 5 nitrogen and oxygen atoms in total. The van der Waals surface area contributed by atoms with Crippen molar-refractivity contribution in [1.82, 2.24) is 4.90 Å². The van der Waals surface area contributed by atoms with Gasteiger partial charge in [0.15, 0.2) is 0 Å². The van der Waals surface area contributed by atoms with Gasteiger partial charge in [0, 0.05) is 13.5 Å². The number of rotatable bonds is 7. The summed E-state index contributed by atoms with van der Waals surface area (Å²) in [5, 5.41) is 8.80. The Labute approximate surface area is 103 Å². The number of nitrogens with zero attached hydrogens (tertiary/aromatic N) is 1. The zero-order chi connectivity index (χ0) is 13.6. The summed E-state index contributed by atoms with van der Waals surface area (Å²) in [6.07, 6.45) is 1.94. The first-order chi connectivity index (χ1) is 7.71. The Hall–Kier alpha value is -1.10. The van der Waals surface area contributed by atoms with Crippen LogP contribution in [-0.4, -0.2) is 41.5 Å². The molecule has 0 bridgehead atoms. The second-order valence-corrected chi connectivity index (χ2v) is 5.22. The third-order valence-corrected chi connectivity index (χ3v) is 3.17. The number of aliphatic carboxylic acids is 1. The van der Waals surface area contributed by atoms with Gasteiger partial charge in [0.2, 0.25) is 5.91 Å². The van der Waals surface area contributed by atoms with Gasteiger partial charge >= 0.3 is 5.97 Å². The average Bonchev–Trinajstić information content (AvgIpc) is 2.23. The molecule has 17 heavy (non-hydrogen) atoms. The van der Waals surface area contributed by atoms with Gasteiger partial charge in [0.05, 0.1) is 0 Å². The highest BCUT2D eigenvalue weighted by molar-refractivity contribution is 5.83. The lowest BCUT2D eigenvalue weighted by molar-refractivity contribution is -0.148. The fourth-order valence-corrected chi connectivity index (χ4v) is 1.52. The van der Waals surface area contributed by atoms with Crippen molar-refractivity contribution in [3.63, 3.8) is 0 Å². The van der Waals surface area contributed by atoms with Crippen LogP contribution in [0, 0.1) is 5.41 Å². The summed E-state index contributed by atoms with van der Waals surface area (Å²) < 4.78 is 0. The van der Waals surface area contributed by atoms with Crippen molar-refractivity contribution in [1.29, 1.82) is 0 Å². The predicted octanol–water partition coefficient (Wildman–Crippen LogP) is 1.07. The summed E-state index contributed by atoms with van der Waals surface area (Å²) in [4.78, 5) is 23.8. The van der Waals surface area contributed by atoms with E-state index >= 15 is 0 Å². The van der Waals surface area contributed by atoms with Crippen LogP contribution in [0.2, 0.25) is 0 Å². The Balaban J connectivity index is 4.23. The van der Waals surface area contributed by atoms with E-state index in [0.29, 0.717) is 13.0 Å². The molecule has 0 saturated heterocycles. The van der Waals surface area contributed by atoms with Crippen LogP contribution in [0.4, 0.5) is 0 Å². The molecule has 0 rings (SSSR count). The van der Waals surface area contributed by atoms with Crippen LogP contribution >= 0.6 is 0 Å². The van der Waals surface area contributed by atoms with Crippen LogP contribution in [0.5, 0.6) is 0 Å². The Bertz CT molecular complexity index is 277. The van der Waals surface area contributed by atoms with Crippen LogP contribution in [0.25, 0.3) is 0 Å². The van der Waals surface area contributed by atoms with Gasteiger partial charge in [-0.05, 0) is 31.7 Å². The van der Waals surface area contributed by atoms with Crippen molar-refractivity contribution in [2.75, 3.05) is 13.6 Å². The number of carbonyl (C=O) groups excluding carboxylic acids is 1. The Morgan fingerprint density at radius 2 is 1.88 bits per heavy atom. The molecular weight excluding hydrogens is 220 g/mol. The Morgan fingerprint density at radius 1 is 1.35 bits per heavy atom. The molecule has 0 heterocycles. The number of nitrogens with two attached hydrogens (primary N) is 1. The molecule has 0 aliphatic heterocycles. The zero-order valence-electron chi connectivity index (χ0n) is 11.2. The molecule has 0 aromatic rings. The van der Waals surface area contributed by atoms with Gasteiger partial charge in [-0.1, -0.05) is 13.8 Å². The fourth-order valence-electron chi connectivity index (χ4n) is 1.52. The van der Waals surface area contributed by atoms with E-state index < -0.39 is 12.0 Å². The number of carbonyl (C=O) groups is 2. The molecule has 0 saturated carbocycles. The lowest BCUT2D eigenvalue weighted by Crippen LogP contribution is -2.40. The molecule has 1 unspecified atom stereocenters. The van der Waals surface area contributed by atoms with Gasteiger partial charge in [0.1, 0.15) is 6.04 Å². The van der Waals surface area contributed by atoms with Gasteiger partial charge in [-0.15, -0.1) is 0 Å². The molecule has 0 spiro atoms. The van der Waals surface area contributed by atoms with Gasteiger partial charge < -0.3 is 15.7 Å². The van der Waals surface area contributed by atoms with E-state index in [4.69, 9.17) is 10.8 Å². The highest BCUT2D eigenvalue weighted by Crippen LogP contribution is 2.26. The molecule has 0 aromatic carbocycles. The summed E-state index contributed by atoms with van der Waals surface area (Å²) >= 11 is 0. The Morgan fingerprint density at radius 3 is 2.29 bits per heavy atom. The second-order valence-electron chi connectivity index (χ2n) is 5.22. The summed E-state index contributed by atoms with van der Waals surface area (Å²) in [7, 11) is 1.52. The number of hydrogen-bond donors (Lipinski definition) is 2. The smallest absolute Gasteiger partial charge is 0.326 e. The van der Waals surface area contributed by atoms with E-state index in [9.17, 15) is 9.59 Å². The van der Waals surface area contributed by atoms with Crippen LogP contribution < -0.4 is 5.73 Å². The summed E-state index contributed by atoms with van der Waals surface area (Å²) in [5.74, 6) is -1.12. The summed E-state index contributed by atoms with van der Waals surface area (Å²) in [6, 6.07) is -0.778. The normalized spacial score (nSPS) is 13.2. The molecule has 5 heteroatoms. The van der Waals surface area contributed by atoms with Gasteiger partial charge in [-0.3, -0.25) is 4.79 Å². The molecule has 1 amide bonds. The monoisotopic (exact) mass is 244 g/mol. The first kappa shape index (κ1) is 15.9. The molecular formula is C12H24N2O3. The van der Waals surface area contributed by atoms with Gasteiger partial charge in [0.25, 0.3) is 0 Å². The third kappa shape index (κ3) is 5.68. The predicted molar refractivity (Wildman–Crippen MR) is 66.6 cm³/mol. The molecule has 0 aliphatic carbocycles. The third-order valence-electron chi connectivity index (χ3n) is 3.17. The molecule has 0 aromatic heterocycles. The van der Waals surface area contributed by atoms with E-state index in [1.54, 1.807) is 0 Å². The van der Waals surface area contributed by atoms with Crippen molar-refractivity contribution in [2.45, 2.75) is 46.1 Å². The van der Waals surface area contributed by atoms with E-state index in [-0.39, 0.29) is 11.3 Å². The number of amides is 1. The van der Waals surface area contributed by atoms with E-state index in [2.05, 4.69) is 13.8 Å². The maximum absolute atomic E-state index is 11.8. The first-order valence-corrected chi connectivity index (χ1v) is 5.90. The van der Waals surface area contributed by atoms with Crippen molar-refractivity contribution < 1.29 is 14.7 Å². The summed E-state index contributed by atoms with van der Waals surface area (Å²) in [5.41, 5.74) is 5.52. The van der Waals surface area contributed by atoms with Crippen molar-refractivity contribution in [3.05, 3.63) is 0 Å². The van der Waals surface area contributed by atoms with E-state index in [0.717, 1.165) is 12.8 Å². The summed E-state index contributed by atoms with van der Waals surface area (Å²) in [6.45, 7) is 6.23. The number of carboxylic acid groups (broad SMARTS) is 1. The first-order valence-electron chi connectivity index (χ1n) is 5.90. The highest BCUT2D eigenvalue weighted by Gasteiger charge is 2.24. The lowest BCUT2D eigenvalue weighted by atomic mass is 9.84. The van der Waals surface area contributed by atoms with Gasteiger partial charge in [-0.2, -0.15) is 0 Å². The molecule has 0 aliphatic rings. The van der Waals surface area contributed by atoms with Crippen LogP contribution in [0.15, 0.2) is 0 Å². The molecule has 1 atom stereocenters. The Kier molecular flexibility index (Phi) is 6.16. The SMILES string of the molecule is CC(C(=O)O)N(C)C(=O)CCC(C)(C)CCN. The van der Waals surface area contributed by atoms with E-state index in [1.807, 2.05) is 0 Å². The largest absolute Gasteiger partial charge is 0.480 e. The van der Waals surface area contributed by atoms with Crippen molar-refractivity contribution >= 4 is 11.9 Å². The van der Waals surface area contributed by atoms with Crippen LogP contribution in [0.1, 0.15) is 40.0 Å². The van der Waals surface area contributed by atoms with Gasteiger partial charge in [-0.25, -0.2) is 4.79 Å².